The van der Waals surface area contributed by atoms with Crippen LogP contribution in [0.15, 0.2) is 59.6 Å². The molecule has 4 N–H and O–H groups in total. The van der Waals surface area contributed by atoms with E-state index in [1.54, 1.807) is 0 Å². The molecule has 0 heterocycles. The normalized spacial score (nSPS) is 12.3. The largest absolute Gasteiger partial charge is 0.370 e. The monoisotopic (exact) mass is 374 g/mol. The molecule has 0 aliphatic rings. The van der Waals surface area contributed by atoms with Gasteiger partial charge >= 0.3 is 0 Å². The molecule has 2 rings (SSSR count). The molecule has 26 heavy (non-hydrogen) atoms. The number of guanidine groups is 1. The Morgan fingerprint density at radius 1 is 1.12 bits per heavy atom. The van der Waals surface area contributed by atoms with Crippen LogP contribution in [0.4, 0.5) is 5.69 Å². The van der Waals surface area contributed by atoms with Gasteiger partial charge in [-0.15, -0.1) is 0 Å². The van der Waals surface area contributed by atoms with Crippen LogP contribution in [0.2, 0.25) is 0 Å². The number of hydrogen-bond acceptors (Lipinski definition) is 3. The Hall–Kier alpha value is -2.38. The molecule has 0 aliphatic heterocycles. The Bertz CT molecular complexity index is 834. The molecular weight excluding hydrogens is 348 g/mol. The highest BCUT2D eigenvalue weighted by atomic mass is 32.2. The van der Waals surface area contributed by atoms with Crippen molar-refractivity contribution in [2.45, 2.75) is 26.3 Å². The fraction of sp³-hybridized carbons (Fsp3) is 0.316. The van der Waals surface area contributed by atoms with Gasteiger partial charge in [0.25, 0.3) is 0 Å². The highest BCUT2D eigenvalue weighted by molar-refractivity contribution is 7.89. The van der Waals surface area contributed by atoms with Gasteiger partial charge in [0.1, 0.15) is 0 Å². The summed E-state index contributed by atoms with van der Waals surface area (Å²) in [5, 5.41) is 2.99. The van der Waals surface area contributed by atoms with Crippen molar-refractivity contribution in [3.05, 3.63) is 65.7 Å². The van der Waals surface area contributed by atoms with E-state index in [0.29, 0.717) is 5.92 Å². The summed E-state index contributed by atoms with van der Waals surface area (Å²) in [4.78, 5) is 4.10. The third-order valence-corrected chi connectivity index (χ3v) is 5.11. The maximum Gasteiger partial charge on any atom is 0.213 e. The van der Waals surface area contributed by atoms with Gasteiger partial charge in [-0.2, -0.15) is 0 Å². The zero-order chi connectivity index (χ0) is 19.0. The Balaban J connectivity index is 1.83. The predicted octanol–water partition coefficient (Wildman–Crippen LogP) is 2.66. The van der Waals surface area contributed by atoms with Crippen LogP contribution in [0.5, 0.6) is 0 Å². The van der Waals surface area contributed by atoms with E-state index in [4.69, 9.17) is 5.73 Å². The number of anilines is 1. The highest BCUT2D eigenvalue weighted by Crippen LogP contribution is 2.18. The Kier molecular flexibility index (Phi) is 7.17. The smallest absolute Gasteiger partial charge is 0.213 e. The second kappa shape index (κ2) is 9.35. The zero-order valence-corrected chi connectivity index (χ0v) is 16.0. The minimum Gasteiger partial charge on any atom is -0.370 e. The Morgan fingerprint density at radius 2 is 1.85 bits per heavy atom. The first-order chi connectivity index (χ1) is 12.4. The standard InChI is InChI=1S/C19H26N4O2S/c1-15(2)17-9-6-10-18(13-17)23-19(20)21-11-12-26(24,25)22-14-16-7-4-3-5-8-16/h3-10,13,15,22H,11-12,14H2,1-2H3,(H3,20,21,23). The summed E-state index contributed by atoms with van der Waals surface area (Å²) in [7, 11) is -3.41. The molecule has 0 amide bonds. The summed E-state index contributed by atoms with van der Waals surface area (Å²) in [5.41, 5.74) is 8.78. The average Bonchev–Trinajstić information content (AvgIpc) is 2.61. The molecule has 2 aromatic carbocycles. The van der Waals surface area contributed by atoms with Crippen LogP contribution in [0, 0.1) is 0 Å². The molecule has 0 saturated heterocycles. The zero-order valence-electron chi connectivity index (χ0n) is 15.1. The molecule has 0 fully saturated rings. The van der Waals surface area contributed by atoms with Crippen LogP contribution < -0.4 is 15.8 Å². The van der Waals surface area contributed by atoms with Crippen molar-refractivity contribution in [1.82, 2.24) is 4.72 Å². The molecule has 0 aromatic heterocycles. The molecule has 0 bridgehead atoms. The third kappa shape index (κ3) is 6.85. The maximum atomic E-state index is 12.0. The molecule has 140 valence electrons. The van der Waals surface area contributed by atoms with E-state index in [1.807, 2.05) is 54.6 Å². The first-order valence-corrected chi connectivity index (χ1v) is 10.2. The number of rotatable bonds is 8. The molecule has 0 spiro atoms. The Labute approximate surface area is 155 Å². The van der Waals surface area contributed by atoms with Crippen molar-refractivity contribution < 1.29 is 8.42 Å². The third-order valence-electron chi connectivity index (χ3n) is 3.81. The van der Waals surface area contributed by atoms with Crippen molar-refractivity contribution in [2.24, 2.45) is 10.7 Å². The number of aliphatic imine (C=N–C) groups is 1. The molecule has 7 heteroatoms. The van der Waals surface area contributed by atoms with Crippen molar-refractivity contribution in [3.63, 3.8) is 0 Å². The number of hydrogen-bond donors (Lipinski definition) is 3. The summed E-state index contributed by atoms with van der Waals surface area (Å²) >= 11 is 0. The lowest BCUT2D eigenvalue weighted by Gasteiger charge is -2.10. The lowest BCUT2D eigenvalue weighted by Crippen LogP contribution is -2.28. The van der Waals surface area contributed by atoms with Crippen molar-refractivity contribution >= 4 is 21.7 Å². The molecule has 0 unspecified atom stereocenters. The van der Waals surface area contributed by atoms with E-state index < -0.39 is 10.0 Å². The second-order valence-corrected chi connectivity index (χ2v) is 8.22. The molecular formula is C19H26N4O2S. The van der Waals surface area contributed by atoms with Crippen molar-refractivity contribution in [3.8, 4) is 0 Å². The SMILES string of the molecule is CC(C)c1cccc(NC(N)=NCCS(=O)(=O)NCc2ccccc2)c1. The molecule has 0 saturated carbocycles. The van der Waals surface area contributed by atoms with Gasteiger partial charge in [-0.05, 0) is 29.2 Å². The quantitative estimate of drug-likeness (QED) is 0.489. The summed E-state index contributed by atoms with van der Waals surface area (Å²) in [5.74, 6) is 0.494. The van der Waals surface area contributed by atoms with Gasteiger partial charge in [-0.1, -0.05) is 56.3 Å². The van der Waals surface area contributed by atoms with Crippen LogP contribution in [0.3, 0.4) is 0 Å². The van der Waals surface area contributed by atoms with Crippen molar-refractivity contribution in [2.75, 3.05) is 17.6 Å². The van der Waals surface area contributed by atoms with Crippen LogP contribution in [-0.2, 0) is 16.6 Å². The number of nitrogens with one attached hydrogen (secondary N) is 2. The van der Waals surface area contributed by atoms with Gasteiger partial charge in [0.2, 0.25) is 10.0 Å². The summed E-state index contributed by atoms with van der Waals surface area (Å²) in [6, 6.07) is 17.3. The van der Waals surface area contributed by atoms with E-state index in [9.17, 15) is 8.42 Å². The van der Waals surface area contributed by atoms with E-state index in [0.717, 1.165) is 11.3 Å². The average molecular weight is 375 g/mol. The molecule has 0 radical (unpaired) electrons. The lowest BCUT2D eigenvalue weighted by atomic mass is 10.0. The maximum absolute atomic E-state index is 12.0. The lowest BCUT2D eigenvalue weighted by molar-refractivity contribution is 0.581. The number of nitrogens with two attached hydrogens (primary N) is 1. The second-order valence-electron chi connectivity index (χ2n) is 6.30. The molecule has 0 aliphatic carbocycles. The fourth-order valence-corrected chi connectivity index (χ4v) is 3.17. The van der Waals surface area contributed by atoms with Gasteiger partial charge in [0, 0.05) is 12.2 Å². The first-order valence-electron chi connectivity index (χ1n) is 8.54. The summed E-state index contributed by atoms with van der Waals surface area (Å²) in [6.45, 7) is 4.59. The minimum absolute atomic E-state index is 0.0901. The van der Waals surface area contributed by atoms with Crippen LogP contribution in [0.25, 0.3) is 0 Å². The van der Waals surface area contributed by atoms with Gasteiger partial charge in [0.05, 0.1) is 12.3 Å². The number of nitrogens with zero attached hydrogens (tertiary/aromatic N) is 1. The first kappa shape index (κ1) is 19.9. The molecule has 6 nitrogen and oxygen atoms in total. The van der Waals surface area contributed by atoms with Crippen LogP contribution in [-0.4, -0.2) is 26.7 Å². The van der Waals surface area contributed by atoms with Crippen LogP contribution >= 0.6 is 0 Å². The van der Waals surface area contributed by atoms with Gasteiger partial charge in [-0.3, -0.25) is 4.99 Å². The van der Waals surface area contributed by atoms with Gasteiger partial charge < -0.3 is 11.1 Å². The van der Waals surface area contributed by atoms with E-state index in [-0.39, 0.29) is 24.8 Å². The number of sulfonamides is 1. The Morgan fingerprint density at radius 3 is 2.54 bits per heavy atom. The van der Waals surface area contributed by atoms with Crippen molar-refractivity contribution in [1.29, 1.82) is 0 Å². The van der Waals surface area contributed by atoms with E-state index in [1.165, 1.54) is 5.56 Å². The summed E-state index contributed by atoms with van der Waals surface area (Å²) in [6.07, 6.45) is 0. The highest BCUT2D eigenvalue weighted by Gasteiger charge is 2.09. The topological polar surface area (TPSA) is 96.6 Å². The van der Waals surface area contributed by atoms with Gasteiger partial charge in [0.15, 0.2) is 5.96 Å². The molecule has 2 aromatic rings. The number of benzene rings is 2. The fourth-order valence-electron chi connectivity index (χ4n) is 2.31. The summed E-state index contributed by atoms with van der Waals surface area (Å²) < 4.78 is 26.6. The van der Waals surface area contributed by atoms with Crippen LogP contribution in [0.1, 0.15) is 30.9 Å². The van der Waals surface area contributed by atoms with Gasteiger partial charge in [-0.25, -0.2) is 13.1 Å². The van der Waals surface area contributed by atoms with E-state index in [2.05, 4.69) is 28.9 Å². The predicted molar refractivity (Wildman–Crippen MR) is 108 cm³/mol. The minimum atomic E-state index is -3.41. The molecule has 0 atom stereocenters. The van der Waals surface area contributed by atoms with E-state index >= 15 is 0 Å².